The van der Waals surface area contributed by atoms with E-state index >= 15 is 0 Å². The number of aromatic amines is 1. The summed E-state index contributed by atoms with van der Waals surface area (Å²) in [6, 6.07) is 0. The van der Waals surface area contributed by atoms with Crippen LogP contribution in [0.25, 0.3) is 11.2 Å². The molecule has 0 bridgehead atoms. The molecule has 2 N–H and O–H groups in total. The minimum Gasteiger partial charge on any atom is -0.756 e. The van der Waals surface area contributed by atoms with E-state index in [4.69, 9.17) is 18.5 Å². The Kier molecular flexibility index (Phi) is 8.69. The average Bonchev–Trinajstić information content (AvgIpc) is 3.29. The Morgan fingerprint density at radius 1 is 1.35 bits per heavy atom. The number of phosphoric ester groups is 1. The van der Waals surface area contributed by atoms with Gasteiger partial charge in [0.05, 0.1) is 12.9 Å². The zero-order valence-electron chi connectivity index (χ0n) is 18.9. The summed E-state index contributed by atoms with van der Waals surface area (Å²) >= 11 is 0. The Hall–Kier alpha value is -1.64. The largest absolute Gasteiger partial charge is 1.00 e. The minimum absolute atomic E-state index is 0. The number of rotatable bonds is 7. The van der Waals surface area contributed by atoms with E-state index in [0.29, 0.717) is 12.8 Å². The smallest absolute Gasteiger partial charge is 0.756 e. The number of hydrogen-bond acceptors (Lipinski definition) is 11. The monoisotopic (exact) mass is 507 g/mol. The number of esters is 1. The van der Waals surface area contributed by atoms with E-state index in [1.54, 1.807) is 6.92 Å². The molecule has 0 radical (unpaired) electrons. The first kappa shape index (κ1) is 27.0. The van der Waals surface area contributed by atoms with Crippen LogP contribution in [0.3, 0.4) is 0 Å². The fraction of sp³-hybridized carbons (Fsp3) is 0.611. The molecule has 2 aliphatic rings. The molecule has 5 atom stereocenters. The fourth-order valence-corrected chi connectivity index (χ4v) is 4.62. The van der Waals surface area contributed by atoms with Crippen LogP contribution in [0.4, 0.5) is 5.95 Å². The molecule has 16 heteroatoms. The molecule has 2 saturated heterocycles. The summed E-state index contributed by atoms with van der Waals surface area (Å²) in [6.45, 7) is 3.29. The number of amides is 1. The van der Waals surface area contributed by atoms with Gasteiger partial charge in [0.25, 0.3) is 13.4 Å². The average molecular weight is 507 g/mol. The van der Waals surface area contributed by atoms with Crippen molar-refractivity contribution in [3.05, 3.63) is 16.7 Å². The van der Waals surface area contributed by atoms with Gasteiger partial charge in [-0.25, -0.2) is 4.98 Å². The second-order valence-corrected chi connectivity index (χ2v) is 8.98. The molecule has 4 heterocycles. The predicted molar refractivity (Wildman–Crippen MR) is 109 cm³/mol. The number of imidazole rings is 1. The topological polar surface area (TPSA) is 187 Å². The Bertz CT molecular complexity index is 1170. The Labute approximate surface area is 215 Å². The van der Waals surface area contributed by atoms with Crippen LogP contribution in [0.5, 0.6) is 0 Å². The third-order valence-electron chi connectivity index (χ3n) is 5.10. The molecule has 2 aromatic heterocycles. The van der Waals surface area contributed by atoms with Crippen molar-refractivity contribution in [1.82, 2.24) is 19.5 Å². The molecule has 4 rings (SSSR count). The molecule has 0 spiro atoms. The summed E-state index contributed by atoms with van der Waals surface area (Å²) < 4.78 is 34.4. The van der Waals surface area contributed by atoms with Crippen LogP contribution in [0.1, 0.15) is 45.8 Å². The number of anilines is 1. The third kappa shape index (κ3) is 5.60. The molecule has 34 heavy (non-hydrogen) atoms. The van der Waals surface area contributed by atoms with Gasteiger partial charge in [-0.1, -0.05) is 13.8 Å². The summed E-state index contributed by atoms with van der Waals surface area (Å²) in [6.07, 6.45) is -1.61. The van der Waals surface area contributed by atoms with Gasteiger partial charge < -0.3 is 23.4 Å². The van der Waals surface area contributed by atoms with Gasteiger partial charge >= 0.3 is 35.5 Å². The van der Waals surface area contributed by atoms with E-state index in [2.05, 4.69) is 20.3 Å². The van der Waals surface area contributed by atoms with E-state index in [0.717, 1.165) is 0 Å². The number of hydrogen-bond donors (Lipinski definition) is 2. The number of H-pyrrole nitrogens is 1. The van der Waals surface area contributed by atoms with Crippen LogP contribution in [0, 0.1) is 0 Å². The van der Waals surface area contributed by atoms with Gasteiger partial charge in [0.2, 0.25) is 11.9 Å². The zero-order chi connectivity index (χ0) is 23.8. The molecular weight excluding hydrogens is 484 g/mol. The number of carbonyl (C=O) groups excluding carboxylic acids is 2. The van der Waals surface area contributed by atoms with Crippen LogP contribution < -0.4 is 45.3 Å². The summed E-state index contributed by atoms with van der Waals surface area (Å²) in [5, 5.41) is 2.51. The van der Waals surface area contributed by atoms with Crippen molar-refractivity contribution in [3.8, 4) is 0 Å². The molecular formula is C18H23N5NaO9P. The first-order valence-electron chi connectivity index (χ1n) is 10.5. The second-order valence-electron chi connectivity index (χ2n) is 7.62. The summed E-state index contributed by atoms with van der Waals surface area (Å²) in [4.78, 5) is 59.3. The first-order chi connectivity index (χ1) is 15.7. The number of aromatic nitrogens is 4. The van der Waals surface area contributed by atoms with E-state index in [-0.39, 0.29) is 72.0 Å². The molecule has 180 valence electrons. The van der Waals surface area contributed by atoms with Crippen LogP contribution >= 0.6 is 7.82 Å². The number of nitrogens with zero attached hydrogens (tertiary/aromatic N) is 3. The van der Waals surface area contributed by atoms with Crippen LogP contribution in [0.15, 0.2) is 11.1 Å². The quantitative estimate of drug-likeness (QED) is 0.227. The van der Waals surface area contributed by atoms with Crippen LogP contribution in [0.2, 0.25) is 0 Å². The van der Waals surface area contributed by atoms with Gasteiger partial charge in [-0.15, -0.1) is 0 Å². The van der Waals surface area contributed by atoms with Crippen LogP contribution in [-0.2, 0) is 32.7 Å². The van der Waals surface area contributed by atoms with Gasteiger partial charge in [-0.2, -0.15) is 4.98 Å². The normalized spacial score (nSPS) is 28.2. The van der Waals surface area contributed by atoms with Gasteiger partial charge in [-0.05, 0) is 12.8 Å². The third-order valence-corrected chi connectivity index (χ3v) is 6.06. The van der Waals surface area contributed by atoms with Crippen molar-refractivity contribution >= 4 is 36.8 Å². The molecule has 14 nitrogen and oxygen atoms in total. The Morgan fingerprint density at radius 2 is 2.09 bits per heavy atom. The first-order valence-corrected chi connectivity index (χ1v) is 11.9. The molecule has 2 fully saturated rings. The Balaban J connectivity index is 0.00000324. The van der Waals surface area contributed by atoms with Crippen molar-refractivity contribution in [3.63, 3.8) is 0 Å². The Morgan fingerprint density at radius 3 is 2.79 bits per heavy atom. The molecule has 0 aliphatic carbocycles. The number of phosphoric acid groups is 1. The maximum absolute atomic E-state index is 12.5. The molecule has 0 aromatic carbocycles. The number of ether oxygens (including phenoxy) is 2. The van der Waals surface area contributed by atoms with Crippen molar-refractivity contribution in [2.45, 2.75) is 64.1 Å². The van der Waals surface area contributed by atoms with E-state index in [1.807, 2.05) is 6.92 Å². The molecule has 1 amide bonds. The number of carbonyl (C=O) groups is 2. The van der Waals surface area contributed by atoms with Gasteiger partial charge in [0, 0.05) is 12.8 Å². The maximum atomic E-state index is 12.5. The maximum Gasteiger partial charge on any atom is 1.00 e. The van der Waals surface area contributed by atoms with Crippen molar-refractivity contribution in [2.24, 2.45) is 0 Å². The van der Waals surface area contributed by atoms with Crippen molar-refractivity contribution in [1.29, 1.82) is 0 Å². The van der Waals surface area contributed by atoms with Crippen LogP contribution in [-0.4, -0.2) is 56.3 Å². The molecule has 2 aliphatic heterocycles. The SMILES string of the molecule is CCCC(=O)Nc1nc2c(ncn2[C@@H]2O[C@H]3COP(=O)([O-])O[C@@H]3[C@@H]2OC(=O)CCC)c(=O)[nH]1.[Na+]. The van der Waals surface area contributed by atoms with Gasteiger partial charge in [0.1, 0.15) is 12.2 Å². The second kappa shape index (κ2) is 11.0. The summed E-state index contributed by atoms with van der Waals surface area (Å²) in [7, 11) is -4.61. The summed E-state index contributed by atoms with van der Waals surface area (Å²) in [5.41, 5.74) is -0.617. The van der Waals surface area contributed by atoms with Crippen molar-refractivity contribution < 1.29 is 67.1 Å². The minimum atomic E-state index is -4.61. The van der Waals surface area contributed by atoms with Crippen molar-refractivity contribution in [2.75, 3.05) is 11.9 Å². The van der Waals surface area contributed by atoms with E-state index < -0.39 is 43.9 Å². The predicted octanol–water partition coefficient (Wildman–Crippen LogP) is -2.64. The van der Waals surface area contributed by atoms with Gasteiger partial charge in [-0.3, -0.25) is 33.8 Å². The standard InChI is InChI=1S/C18H24N5O9P.Na/c1-3-5-10(24)20-18-21-15-12(16(26)22-18)19-8-23(15)17-14(31-11(25)6-4-2)13-9(30-17)7-29-33(27,28)32-13;/h8-9,13-14,17H,3-7H2,1-2H3,(H,27,28)(H2,20,21,22,24,26);/q;+1/p-1/t9-,13-,14-,17+;/m0./s1. The number of fused-ring (bicyclic) bond motifs is 2. The van der Waals surface area contributed by atoms with Gasteiger partial charge in [0.15, 0.2) is 23.5 Å². The molecule has 0 saturated carbocycles. The molecule has 1 unspecified atom stereocenters. The zero-order valence-corrected chi connectivity index (χ0v) is 21.8. The fourth-order valence-electron chi connectivity index (χ4n) is 3.67. The number of nitrogens with one attached hydrogen (secondary N) is 2. The van der Waals surface area contributed by atoms with E-state index in [1.165, 1.54) is 10.9 Å². The van der Waals surface area contributed by atoms with E-state index in [9.17, 15) is 23.8 Å². The molecule has 2 aromatic rings. The summed E-state index contributed by atoms with van der Waals surface area (Å²) in [5.74, 6) is -1.00.